The van der Waals surface area contributed by atoms with Crippen LogP contribution in [-0.2, 0) is 4.84 Å². The van der Waals surface area contributed by atoms with Crippen molar-refractivity contribution in [1.29, 1.82) is 0 Å². The zero-order chi connectivity index (χ0) is 9.97. The van der Waals surface area contributed by atoms with Gasteiger partial charge in [0.2, 0.25) is 0 Å². The van der Waals surface area contributed by atoms with Crippen LogP contribution in [0.1, 0.15) is 17.5 Å². The van der Waals surface area contributed by atoms with E-state index in [1.54, 1.807) is 0 Å². The van der Waals surface area contributed by atoms with Crippen molar-refractivity contribution in [2.75, 3.05) is 4.43 Å². The number of hydrogen-bond acceptors (Lipinski definition) is 2. The maximum Gasteiger partial charge on any atom is 0.142 e. The summed E-state index contributed by atoms with van der Waals surface area (Å²) in [5.41, 5.74) is 3.54. The Morgan fingerprint density at radius 3 is 2.71 bits per heavy atom. The summed E-state index contributed by atoms with van der Waals surface area (Å²) in [6, 6.07) is 8.42. The van der Waals surface area contributed by atoms with Crippen molar-refractivity contribution < 1.29 is 4.84 Å². The highest BCUT2D eigenvalue weighted by atomic mass is 127. The molecule has 1 aliphatic heterocycles. The molecule has 0 radical (unpaired) electrons. The third-order valence-corrected chi connectivity index (χ3v) is 3.27. The van der Waals surface area contributed by atoms with Crippen molar-refractivity contribution in [3.05, 3.63) is 35.4 Å². The molecule has 2 rings (SSSR count). The van der Waals surface area contributed by atoms with Gasteiger partial charge in [-0.2, -0.15) is 0 Å². The quantitative estimate of drug-likeness (QED) is 0.608. The van der Waals surface area contributed by atoms with Gasteiger partial charge in [-0.1, -0.05) is 57.6 Å². The monoisotopic (exact) mass is 301 g/mol. The van der Waals surface area contributed by atoms with E-state index in [0.717, 1.165) is 16.6 Å². The van der Waals surface area contributed by atoms with Crippen molar-refractivity contribution in [2.24, 2.45) is 5.16 Å². The van der Waals surface area contributed by atoms with E-state index in [1.165, 1.54) is 11.1 Å². The van der Waals surface area contributed by atoms with Gasteiger partial charge in [0, 0.05) is 10.8 Å². The Balaban J connectivity index is 2.13. The molecule has 74 valence electrons. The van der Waals surface area contributed by atoms with Gasteiger partial charge in [0.15, 0.2) is 0 Å². The van der Waals surface area contributed by atoms with Gasteiger partial charge in [-0.05, 0) is 12.5 Å². The number of aryl methyl sites for hydroxylation is 1. The summed E-state index contributed by atoms with van der Waals surface area (Å²) in [5.74, 6) is 0. The molecule has 0 aliphatic carbocycles. The van der Waals surface area contributed by atoms with Gasteiger partial charge >= 0.3 is 0 Å². The Labute approximate surface area is 97.5 Å². The van der Waals surface area contributed by atoms with Crippen LogP contribution in [0, 0.1) is 6.92 Å². The van der Waals surface area contributed by atoms with E-state index in [4.69, 9.17) is 4.84 Å². The van der Waals surface area contributed by atoms with Gasteiger partial charge in [-0.3, -0.25) is 0 Å². The van der Waals surface area contributed by atoms with Crippen LogP contribution in [0.25, 0.3) is 0 Å². The van der Waals surface area contributed by atoms with Crippen LogP contribution in [0.5, 0.6) is 0 Å². The highest BCUT2D eigenvalue weighted by Crippen LogP contribution is 2.18. The van der Waals surface area contributed by atoms with E-state index in [0.29, 0.717) is 0 Å². The van der Waals surface area contributed by atoms with Crippen molar-refractivity contribution >= 4 is 28.3 Å². The largest absolute Gasteiger partial charge is 0.391 e. The first kappa shape index (κ1) is 9.96. The molecule has 0 N–H and O–H groups in total. The molecular formula is C11H12INO. The predicted octanol–water partition coefficient (Wildman–Crippen LogP) is 2.92. The molecule has 2 nitrogen and oxygen atoms in total. The van der Waals surface area contributed by atoms with Crippen LogP contribution >= 0.6 is 22.6 Å². The Hall–Kier alpha value is -0.580. The van der Waals surface area contributed by atoms with E-state index in [2.05, 4.69) is 58.9 Å². The van der Waals surface area contributed by atoms with E-state index in [-0.39, 0.29) is 6.10 Å². The summed E-state index contributed by atoms with van der Waals surface area (Å²) in [6.45, 7) is 2.09. The second-order valence-electron chi connectivity index (χ2n) is 3.49. The average molecular weight is 301 g/mol. The number of benzene rings is 1. The highest BCUT2D eigenvalue weighted by Gasteiger charge is 2.20. The smallest absolute Gasteiger partial charge is 0.142 e. The zero-order valence-corrected chi connectivity index (χ0v) is 10.2. The van der Waals surface area contributed by atoms with E-state index >= 15 is 0 Å². The number of halogens is 1. The van der Waals surface area contributed by atoms with Gasteiger partial charge in [-0.25, -0.2) is 0 Å². The van der Waals surface area contributed by atoms with Crippen LogP contribution in [0.2, 0.25) is 0 Å². The summed E-state index contributed by atoms with van der Waals surface area (Å²) in [4.78, 5) is 5.28. The molecule has 0 bridgehead atoms. The molecule has 1 aromatic rings. The normalized spacial score (nSPS) is 20.4. The molecule has 1 unspecified atom stereocenters. The molecule has 1 aromatic carbocycles. The summed E-state index contributed by atoms with van der Waals surface area (Å²) >= 11 is 2.33. The minimum Gasteiger partial charge on any atom is -0.391 e. The van der Waals surface area contributed by atoms with Crippen LogP contribution < -0.4 is 0 Å². The topological polar surface area (TPSA) is 21.6 Å². The van der Waals surface area contributed by atoms with Gasteiger partial charge < -0.3 is 4.84 Å². The zero-order valence-electron chi connectivity index (χ0n) is 8.03. The average Bonchev–Trinajstić information content (AvgIpc) is 2.67. The minimum atomic E-state index is 0.270. The molecule has 1 aliphatic rings. The summed E-state index contributed by atoms with van der Waals surface area (Å²) in [5, 5.41) is 4.10. The molecule has 1 atom stereocenters. The van der Waals surface area contributed by atoms with Crippen molar-refractivity contribution in [3.63, 3.8) is 0 Å². The number of nitrogens with zero attached hydrogens (tertiary/aromatic N) is 1. The Morgan fingerprint density at radius 1 is 1.43 bits per heavy atom. The molecule has 1 heterocycles. The lowest BCUT2D eigenvalue weighted by atomic mass is 10.0. The number of hydrogen-bond donors (Lipinski definition) is 0. The Kier molecular flexibility index (Phi) is 3.05. The molecule has 14 heavy (non-hydrogen) atoms. The lowest BCUT2D eigenvalue weighted by Crippen LogP contribution is -2.09. The first-order valence-corrected chi connectivity index (χ1v) is 6.18. The predicted molar refractivity (Wildman–Crippen MR) is 66.1 cm³/mol. The molecule has 0 aromatic heterocycles. The second kappa shape index (κ2) is 4.29. The third kappa shape index (κ3) is 2.08. The molecule has 0 saturated heterocycles. The summed E-state index contributed by atoms with van der Waals surface area (Å²) in [6.07, 6.45) is 1.21. The molecule has 3 heteroatoms. The molecule has 0 spiro atoms. The second-order valence-corrected chi connectivity index (χ2v) is 4.37. The lowest BCUT2D eigenvalue weighted by Gasteiger charge is -2.01. The van der Waals surface area contributed by atoms with E-state index in [9.17, 15) is 0 Å². The number of alkyl halides is 1. The van der Waals surface area contributed by atoms with Crippen LogP contribution in [0.4, 0.5) is 0 Å². The van der Waals surface area contributed by atoms with E-state index in [1.807, 2.05) is 0 Å². The van der Waals surface area contributed by atoms with Gasteiger partial charge in [0.1, 0.15) is 6.10 Å². The maximum atomic E-state index is 5.28. The van der Waals surface area contributed by atoms with Gasteiger partial charge in [0.05, 0.1) is 5.71 Å². The number of oxime groups is 1. The molecule has 0 saturated carbocycles. The fraction of sp³-hybridized carbons (Fsp3) is 0.364. The van der Waals surface area contributed by atoms with Crippen LogP contribution in [0.3, 0.4) is 0 Å². The fourth-order valence-corrected chi connectivity index (χ4v) is 1.90. The summed E-state index contributed by atoms with van der Waals surface area (Å²) in [7, 11) is 0. The van der Waals surface area contributed by atoms with Gasteiger partial charge in [-0.15, -0.1) is 0 Å². The SMILES string of the molecule is Cc1ccc(C2=NOC(CI)C2)cc1. The first-order chi connectivity index (χ1) is 6.79. The van der Waals surface area contributed by atoms with Crippen LogP contribution in [-0.4, -0.2) is 16.2 Å². The maximum absolute atomic E-state index is 5.28. The van der Waals surface area contributed by atoms with Crippen molar-refractivity contribution in [1.82, 2.24) is 0 Å². The summed E-state index contributed by atoms with van der Waals surface area (Å²) < 4.78 is 0.997. The standard InChI is InChI=1S/C11H12INO/c1-8-2-4-9(5-3-8)11-6-10(7-12)14-13-11/h2-5,10H,6-7H2,1H3. The Morgan fingerprint density at radius 2 is 2.14 bits per heavy atom. The minimum absolute atomic E-state index is 0.270. The van der Waals surface area contributed by atoms with Crippen molar-refractivity contribution in [3.8, 4) is 0 Å². The lowest BCUT2D eigenvalue weighted by molar-refractivity contribution is 0.105. The third-order valence-electron chi connectivity index (χ3n) is 2.29. The van der Waals surface area contributed by atoms with E-state index < -0.39 is 0 Å². The van der Waals surface area contributed by atoms with Crippen molar-refractivity contribution in [2.45, 2.75) is 19.4 Å². The highest BCUT2D eigenvalue weighted by molar-refractivity contribution is 14.1. The fourth-order valence-electron chi connectivity index (χ4n) is 1.43. The molecule has 0 fully saturated rings. The molecular weight excluding hydrogens is 289 g/mol. The first-order valence-electron chi connectivity index (χ1n) is 4.65. The molecule has 0 amide bonds. The number of rotatable bonds is 2. The Bertz CT molecular complexity index is 345. The van der Waals surface area contributed by atoms with Crippen LogP contribution in [0.15, 0.2) is 29.4 Å². The van der Waals surface area contributed by atoms with Gasteiger partial charge in [0.25, 0.3) is 0 Å².